The summed E-state index contributed by atoms with van der Waals surface area (Å²) in [5, 5.41) is 5.00. The molecule has 0 unspecified atom stereocenters. The lowest BCUT2D eigenvalue weighted by Crippen LogP contribution is -2.21. The van der Waals surface area contributed by atoms with Crippen LogP contribution in [0.15, 0.2) is 34.9 Å². The monoisotopic (exact) mass is 404 g/mol. The molecule has 1 aromatic carbocycles. The summed E-state index contributed by atoms with van der Waals surface area (Å²) in [6.45, 7) is 7.92. The third-order valence-electron chi connectivity index (χ3n) is 5.55. The Balaban J connectivity index is 1.85. The molecule has 8 nitrogen and oxygen atoms in total. The van der Waals surface area contributed by atoms with Crippen molar-refractivity contribution in [2.24, 2.45) is 5.73 Å². The molecule has 0 atom stereocenters. The van der Waals surface area contributed by atoms with Crippen molar-refractivity contribution in [3.63, 3.8) is 0 Å². The molecule has 4 aromatic rings. The third-order valence-corrected chi connectivity index (χ3v) is 5.55. The van der Waals surface area contributed by atoms with Crippen LogP contribution in [0.1, 0.15) is 49.9 Å². The van der Waals surface area contributed by atoms with Gasteiger partial charge in [-0.05, 0) is 25.0 Å². The summed E-state index contributed by atoms with van der Waals surface area (Å²) < 4.78 is 7.60. The molecule has 1 amide bonds. The smallest absolute Gasteiger partial charge is 0.249 e. The fraction of sp³-hybridized carbons (Fsp3) is 0.364. The van der Waals surface area contributed by atoms with Crippen LogP contribution in [0.5, 0.6) is 0 Å². The molecule has 0 radical (unpaired) electrons. The molecule has 0 bridgehead atoms. The predicted octanol–water partition coefficient (Wildman–Crippen LogP) is 3.53. The number of aromatic nitrogens is 4. The first-order chi connectivity index (χ1) is 14.3. The normalized spacial score (nSPS) is 14.8. The van der Waals surface area contributed by atoms with Gasteiger partial charge in [0, 0.05) is 23.9 Å². The number of anilines is 1. The Morgan fingerprint density at radius 2 is 1.83 bits per heavy atom. The fourth-order valence-electron chi connectivity index (χ4n) is 4.02. The van der Waals surface area contributed by atoms with Crippen LogP contribution in [0, 0.1) is 0 Å². The summed E-state index contributed by atoms with van der Waals surface area (Å²) in [5.41, 5.74) is 8.11. The minimum atomic E-state index is -0.480. The van der Waals surface area contributed by atoms with E-state index < -0.39 is 5.91 Å². The zero-order chi connectivity index (χ0) is 21.0. The molecule has 2 N–H and O–H groups in total. The number of hydrogen-bond donors (Lipinski definition) is 1. The van der Waals surface area contributed by atoms with E-state index >= 15 is 0 Å². The van der Waals surface area contributed by atoms with Crippen molar-refractivity contribution in [1.82, 2.24) is 19.5 Å². The molecule has 30 heavy (non-hydrogen) atoms. The number of nitrogens with two attached hydrogens (primary N) is 1. The van der Waals surface area contributed by atoms with E-state index in [4.69, 9.17) is 15.2 Å². The highest BCUT2D eigenvalue weighted by Crippen LogP contribution is 2.34. The molecular formula is C22H24N6O2. The van der Waals surface area contributed by atoms with Crippen molar-refractivity contribution in [1.29, 1.82) is 0 Å². The molecule has 0 spiro atoms. The van der Waals surface area contributed by atoms with Gasteiger partial charge in [-0.25, -0.2) is 4.98 Å². The first kappa shape index (κ1) is 18.6. The van der Waals surface area contributed by atoms with E-state index in [-0.39, 0.29) is 5.41 Å². The minimum Gasteiger partial charge on any atom is -0.366 e. The second-order valence-electron chi connectivity index (χ2n) is 8.79. The van der Waals surface area contributed by atoms with Gasteiger partial charge in [-0.15, -0.1) is 0 Å². The van der Waals surface area contributed by atoms with Gasteiger partial charge in [0.05, 0.1) is 16.6 Å². The Kier molecular flexibility index (Phi) is 4.06. The van der Waals surface area contributed by atoms with Crippen LogP contribution in [0.3, 0.4) is 0 Å². The Morgan fingerprint density at radius 3 is 2.50 bits per heavy atom. The molecule has 4 heterocycles. The molecular weight excluding hydrogens is 380 g/mol. The summed E-state index contributed by atoms with van der Waals surface area (Å²) in [5.74, 6) is 1.30. The molecule has 154 valence electrons. The topological polar surface area (TPSA) is 103 Å². The molecule has 1 aliphatic rings. The standard InChI is InChI=1S/C22H24N6O2/c1-22(2,3)20-25-19(26-30-20)17-16-12-14(18(23)29)13-8-4-5-9-15(13)28(16)21(24-17)27-10-6-7-11-27/h4-5,8-9,12H,6-7,10-11H2,1-3H3,(H2,23,29). The number of amides is 1. The molecule has 5 rings (SSSR count). The maximum absolute atomic E-state index is 12.2. The van der Waals surface area contributed by atoms with E-state index in [0.717, 1.165) is 48.3 Å². The van der Waals surface area contributed by atoms with Crippen LogP contribution < -0.4 is 10.6 Å². The highest BCUT2D eigenvalue weighted by molar-refractivity contribution is 6.08. The van der Waals surface area contributed by atoms with Gasteiger partial charge in [-0.1, -0.05) is 44.1 Å². The van der Waals surface area contributed by atoms with E-state index in [2.05, 4.69) is 19.4 Å². The first-order valence-corrected chi connectivity index (χ1v) is 10.2. The SMILES string of the molecule is CC(C)(C)c1nc(-c2nc(N3CCCC3)n3c2cc(C(N)=O)c2ccccc23)no1. The molecule has 1 saturated heterocycles. The number of hydrogen-bond acceptors (Lipinski definition) is 6. The van der Waals surface area contributed by atoms with Gasteiger partial charge in [0.15, 0.2) is 0 Å². The summed E-state index contributed by atoms with van der Waals surface area (Å²) in [6, 6.07) is 9.54. The van der Waals surface area contributed by atoms with Gasteiger partial charge in [0.25, 0.3) is 0 Å². The second kappa shape index (κ2) is 6.55. The van der Waals surface area contributed by atoms with Crippen molar-refractivity contribution < 1.29 is 9.32 Å². The number of benzene rings is 1. The van der Waals surface area contributed by atoms with Crippen molar-refractivity contribution in [3.05, 3.63) is 41.8 Å². The first-order valence-electron chi connectivity index (χ1n) is 10.2. The average molecular weight is 404 g/mol. The number of pyridine rings is 1. The Labute approximate surface area is 173 Å². The van der Waals surface area contributed by atoms with E-state index in [9.17, 15) is 4.79 Å². The zero-order valence-corrected chi connectivity index (χ0v) is 17.3. The maximum Gasteiger partial charge on any atom is 0.249 e. The van der Waals surface area contributed by atoms with Crippen molar-refractivity contribution in [2.45, 2.75) is 39.0 Å². The number of carbonyl (C=O) groups is 1. The van der Waals surface area contributed by atoms with Crippen molar-refractivity contribution in [2.75, 3.05) is 18.0 Å². The van der Waals surface area contributed by atoms with Crippen LogP contribution >= 0.6 is 0 Å². The van der Waals surface area contributed by atoms with Gasteiger partial charge in [0.2, 0.25) is 23.6 Å². The van der Waals surface area contributed by atoms with E-state index in [1.807, 2.05) is 45.0 Å². The number of para-hydroxylation sites is 1. The lowest BCUT2D eigenvalue weighted by Gasteiger charge is -2.17. The molecule has 3 aromatic heterocycles. The number of imidazole rings is 1. The third kappa shape index (κ3) is 2.82. The zero-order valence-electron chi connectivity index (χ0n) is 17.3. The molecule has 1 fully saturated rings. The van der Waals surface area contributed by atoms with Crippen LogP contribution in [-0.2, 0) is 5.41 Å². The quantitative estimate of drug-likeness (QED) is 0.560. The molecule has 0 saturated carbocycles. The Hall–Kier alpha value is -3.42. The summed E-state index contributed by atoms with van der Waals surface area (Å²) in [6.07, 6.45) is 2.25. The number of carbonyl (C=O) groups excluding carboxylic acids is 1. The van der Waals surface area contributed by atoms with Gasteiger partial charge in [0.1, 0.15) is 5.69 Å². The van der Waals surface area contributed by atoms with Crippen molar-refractivity contribution >= 4 is 28.3 Å². The molecule has 1 aliphatic heterocycles. The van der Waals surface area contributed by atoms with E-state index in [0.29, 0.717) is 23.0 Å². The largest absolute Gasteiger partial charge is 0.366 e. The highest BCUT2D eigenvalue weighted by Gasteiger charge is 2.28. The number of nitrogens with zero attached hydrogens (tertiary/aromatic N) is 5. The number of primary amides is 1. The number of rotatable bonds is 3. The molecule has 0 aliphatic carbocycles. The summed E-state index contributed by atoms with van der Waals surface area (Å²) in [7, 11) is 0. The van der Waals surface area contributed by atoms with Crippen LogP contribution in [0.2, 0.25) is 0 Å². The second-order valence-corrected chi connectivity index (χ2v) is 8.79. The fourth-order valence-corrected chi connectivity index (χ4v) is 4.02. The molecule has 8 heteroatoms. The Morgan fingerprint density at radius 1 is 1.10 bits per heavy atom. The summed E-state index contributed by atoms with van der Waals surface area (Å²) in [4.78, 5) is 24.0. The van der Waals surface area contributed by atoms with Crippen molar-refractivity contribution in [3.8, 4) is 11.5 Å². The lowest BCUT2D eigenvalue weighted by atomic mass is 9.97. The van der Waals surface area contributed by atoms with Gasteiger partial charge in [-0.3, -0.25) is 9.20 Å². The maximum atomic E-state index is 12.2. The minimum absolute atomic E-state index is 0.274. The average Bonchev–Trinajstić information content (AvgIpc) is 3.44. The van der Waals surface area contributed by atoms with E-state index in [1.54, 1.807) is 6.07 Å². The lowest BCUT2D eigenvalue weighted by molar-refractivity contribution is 0.100. The predicted molar refractivity (Wildman–Crippen MR) is 115 cm³/mol. The van der Waals surface area contributed by atoms with Gasteiger partial charge in [-0.2, -0.15) is 4.98 Å². The van der Waals surface area contributed by atoms with Gasteiger partial charge >= 0.3 is 0 Å². The van der Waals surface area contributed by atoms with Crippen LogP contribution in [0.25, 0.3) is 27.9 Å². The highest BCUT2D eigenvalue weighted by atomic mass is 16.5. The van der Waals surface area contributed by atoms with E-state index in [1.165, 1.54) is 0 Å². The van der Waals surface area contributed by atoms with Crippen LogP contribution in [-0.4, -0.2) is 38.5 Å². The van der Waals surface area contributed by atoms with Crippen LogP contribution in [0.4, 0.5) is 5.95 Å². The Bertz CT molecular complexity index is 1270. The summed E-state index contributed by atoms with van der Waals surface area (Å²) >= 11 is 0. The number of fused-ring (bicyclic) bond motifs is 3. The van der Waals surface area contributed by atoms with Gasteiger partial charge < -0.3 is 15.2 Å².